The van der Waals surface area contributed by atoms with Crippen molar-refractivity contribution in [1.82, 2.24) is 5.32 Å². The first-order chi connectivity index (χ1) is 14.1. The van der Waals surface area contributed by atoms with Gasteiger partial charge in [-0.05, 0) is 31.0 Å². The van der Waals surface area contributed by atoms with Crippen molar-refractivity contribution in [2.24, 2.45) is 0 Å². The van der Waals surface area contributed by atoms with E-state index < -0.39 is 4.92 Å². The number of piperidine rings is 1. The fourth-order valence-electron chi connectivity index (χ4n) is 3.60. The Labute approximate surface area is 170 Å². The summed E-state index contributed by atoms with van der Waals surface area (Å²) in [5.41, 5.74) is 1.46. The number of amides is 1. The number of para-hydroxylation sites is 4. The van der Waals surface area contributed by atoms with E-state index in [0.717, 1.165) is 37.4 Å². The second-order valence-corrected chi connectivity index (χ2v) is 6.98. The number of rotatable bonds is 8. The Bertz CT molecular complexity index is 858. The van der Waals surface area contributed by atoms with Gasteiger partial charge in [-0.1, -0.05) is 24.3 Å². The standard InChI is InChI=1S/C21H26N4O4/c1-29-20-11-5-4-10-19(20)24-14-6-7-16(15-24)23-21(26)12-13-22-17-8-2-3-9-18(17)25(27)28/h2-5,8-11,16,22H,6-7,12-15H2,1H3,(H,23,26). The molecule has 0 spiro atoms. The molecule has 1 heterocycles. The molecule has 29 heavy (non-hydrogen) atoms. The predicted octanol–water partition coefficient (Wildman–Crippen LogP) is 3.19. The van der Waals surface area contributed by atoms with Crippen molar-refractivity contribution in [3.05, 3.63) is 58.6 Å². The highest BCUT2D eigenvalue weighted by Crippen LogP contribution is 2.30. The molecule has 8 nitrogen and oxygen atoms in total. The molecule has 2 aromatic carbocycles. The van der Waals surface area contributed by atoms with Crippen LogP contribution in [0.3, 0.4) is 0 Å². The maximum absolute atomic E-state index is 12.4. The molecule has 0 radical (unpaired) electrons. The third-order valence-electron chi connectivity index (χ3n) is 4.98. The number of nitrogens with one attached hydrogen (secondary N) is 2. The highest BCUT2D eigenvalue weighted by atomic mass is 16.6. The lowest BCUT2D eigenvalue weighted by Gasteiger charge is -2.35. The van der Waals surface area contributed by atoms with Crippen molar-refractivity contribution in [1.29, 1.82) is 0 Å². The van der Waals surface area contributed by atoms with Crippen molar-refractivity contribution >= 4 is 23.0 Å². The molecule has 1 fully saturated rings. The number of nitrogens with zero attached hydrogens (tertiary/aromatic N) is 2. The molecule has 1 unspecified atom stereocenters. The molecular formula is C21H26N4O4. The van der Waals surface area contributed by atoms with Gasteiger partial charge >= 0.3 is 0 Å². The van der Waals surface area contributed by atoms with Crippen LogP contribution in [0.4, 0.5) is 17.1 Å². The first-order valence-corrected chi connectivity index (χ1v) is 9.73. The zero-order chi connectivity index (χ0) is 20.6. The number of anilines is 2. The summed E-state index contributed by atoms with van der Waals surface area (Å²) < 4.78 is 5.45. The smallest absolute Gasteiger partial charge is 0.292 e. The summed E-state index contributed by atoms with van der Waals surface area (Å²) in [4.78, 5) is 25.2. The van der Waals surface area contributed by atoms with E-state index in [4.69, 9.17) is 4.74 Å². The number of methoxy groups -OCH3 is 1. The SMILES string of the molecule is COc1ccccc1N1CCCC(NC(=O)CCNc2ccccc2[N+](=O)[O-])C1. The van der Waals surface area contributed by atoms with E-state index in [2.05, 4.69) is 15.5 Å². The lowest BCUT2D eigenvalue weighted by atomic mass is 10.0. The number of carbonyl (C=O) groups excluding carboxylic acids is 1. The number of nitro benzene ring substituents is 1. The van der Waals surface area contributed by atoms with Gasteiger partial charge in [0, 0.05) is 38.2 Å². The van der Waals surface area contributed by atoms with Crippen LogP contribution in [-0.2, 0) is 4.79 Å². The van der Waals surface area contributed by atoms with Crippen LogP contribution in [-0.4, -0.2) is 43.6 Å². The van der Waals surface area contributed by atoms with Crippen LogP contribution in [0.5, 0.6) is 5.75 Å². The first-order valence-electron chi connectivity index (χ1n) is 9.73. The van der Waals surface area contributed by atoms with Crippen molar-refractivity contribution in [2.75, 3.05) is 37.0 Å². The second kappa shape index (κ2) is 9.77. The molecule has 8 heteroatoms. The van der Waals surface area contributed by atoms with Crippen molar-refractivity contribution in [3.63, 3.8) is 0 Å². The highest BCUT2D eigenvalue weighted by molar-refractivity contribution is 5.77. The van der Waals surface area contributed by atoms with Crippen LogP contribution in [0.15, 0.2) is 48.5 Å². The van der Waals surface area contributed by atoms with Gasteiger partial charge in [0.25, 0.3) is 5.69 Å². The Morgan fingerprint density at radius 3 is 2.79 bits per heavy atom. The molecule has 0 bridgehead atoms. The molecule has 2 N–H and O–H groups in total. The maximum atomic E-state index is 12.4. The van der Waals surface area contributed by atoms with Gasteiger partial charge in [-0.15, -0.1) is 0 Å². The van der Waals surface area contributed by atoms with Gasteiger partial charge in [0.1, 0.15) is 11.4 Å². The second-order valence-electron chi connectivity index (χ2n) is 6.98. The van der Waals surface area contributed by atoms with E-state index in [-0.39, 0.29) is 24.1 Å². The molecule has 154 valence electrons. The van der Waals surface area contributed by atoms with Crippen LogP contribution < -0.4 is 20.3 Å². The fourth-order valence-corrected chi connectivity index (χ4v) is 3.60. The number of hydrogen-bond donors (Lipinski definition) is 2. The molecule has 3 rings (SSSR count). The molecule has 1 aliphatic heterocycles. The number of ether oxygens (including phenoxy) is 1. The molecular weight excluding hydrogens is 372 g/mol. The Balaban J connectivity index is 1.50. The quantitative estimate of drug-likeness (QED) is 0.524. The zero-order valence-electron chi connectivity index (χ0n) is 16.5. The lowest BCUT2D eigenvalue weighted by Crippen LogP contribution is -2.48. The van der Waals surface area contributed by atoms with Crippen LogP contribution in [0.2, 0.25) is 0 Å². The van der Waals surface area contributed by atoms with E-state index in [9.17, 15) is 14.9 Å². The van der Waals surface area contributed by atoms with Crippen LogP contribution >= 0.6 is 0 Å². The number of carbonyl (C=O) groups is 1. The van der Waals surface area contributed by atoms with Gasteiger partial charge in [0.2, 0.25) is 5.91 Å². The van der Waals surface area contributed by atoms with Crippen LogP contribution in [0.25, 0.3) is 0 Å². The van der Waals surface area contributed by atoms with Crippen molar-refractivity contribution < 1.29 is 14.5 Å². The number of benzene rings is 2. The van der Waals surface area contributed by atoms with Gasteiger partial charge in [-0.25, -0.2) is 0 Å². The van der Waals surface area contributed by atoms with E-state index in [1.165, 1.54) is 6.07 Å². The van der Waals surface area contributed by atoms with Gasteiger partial charge in [0.05, 0.1) is 17.7 Å². The molecule has 0 aromatic heterocycles. The molecule has 1 atom stereocenters. The summed E-state index contributed by atoms with van der Waals surface area (Å²) >= 11 is 0. The normalized spacial score (nSPS) is 16.2. The van der Waals surface area contributed by atoms with Crippen molar-refractivity contribution in [3.8, 4) is 5.75 Å². The van der Waals surface area contributed by atoms with Gasteiger partial charge < -0.3 is 20.3 Å². The average Bonchev–Trinajstić information content (AvgIpc) is 2.74. The average molecular weight is 398 g/mol. The topological polar surface area (TPSA) is 96.7 Å². The molecule has 1 aliphatic rings. The molecule has 2 aromatic rings. The molecule has 1 saturated heterocycles. The predicted molar refractivity (Wildman–Crippen MR) is 113 cm³/mol. The van der Waals surface area contributed by atoms with E-state index in [1.54, 1.807) is 25.3 Å². The number of nitro groups is 1. The van der Waals surface area contributed by atoms with Gasteiger partial charge in [-0.2, -0.15) is 0 Å². The molecule has 1 amide bonds. The Hall–Kier alpha value is -3.29. The van der Waals surface area contributed by atoms with E-state index in [0.29, 0.717) is 12.2 Å². The lowest BCUT2D eigenvalue weighted by molar-refractivity contribution is -0.384. The minimum absolute atomic E-state index is 0.00707. The summed E-state index contributed by atoms with van der Waals surface area (Å²) in [6.07, 6.45) is 2.16. The van der Waals surface area contributed by atoms with Crippen LogP contribution in [0.1, 0.15) is 19.3 Å². The summed E-state index contributed by atoms with van der Waals surface area (Å²) in [5.74, 6) is 0.760. The zero-order valence-corrected chi connectivity index (χ0v) is 16.5. The van der Waals surface area contributed by atoms with Gasteiger partial charge in [0.15, 0.2) is 0 Å². The van der Waals surface area contributed by atoms with Gasteiger partial charge in [-0.3, -0.25) is 14.9 Å². The van der Waals surface area contributed by atoms with Crippen molar-refractivity contribution in [2.45, 2.75) is 25.3 Å². The minimum atomic E-state index is -0.434. The van der Waals surface area contributed by atoms with E-state index in [1.807, 2.05) is 24.3 Å². The maximum Gasteiger partial charge on any atom is 0.292 e. The molecule has 0 saturated carbocycles. The summed E-state index contributed by atoms with van der Waals surface area (Å²) in [7, 11) is 1.66. The number of hydrogen-bond acceptors (Lipinski definition) is 6. The van der Waals surface area contributed by atoms with Crippen LogP contribution in [0, 0.1) is 10.1 Å². The Kier molecular flexibility index (Phi) is 6.89. The monoisotopic (exact) mass is 398 g/mol. The Morgan fingerprint density at radius 2 is 2.00 bits per heavy atom. The minimum Gasteiger partial charge on any atom is -0.495 e. The fraction of sp³-hybridized carbons (Fsp3) is 0.381. The summed E-state index contributed by atoms with van der Waals surface area (Å²) in [6.45, 7) is 1.98. The largest absolute Gasteiger partial charge is 0.495 e. The Morgan fingerprint density at radius 1 is 1.24 bits per heavy atom. The summed E-state index contributed by atoms with van der Waals surface area (Å²) in [5, 5.41) is 17.1. The highest BCUT2D eigenvalue weighted by Gasteiger charge is 2.23. The third kappa shape index (κ3) is 5.37. The van der Waals surface area contributed by atoms with E-state index >= 15 is 0 Å². The third-order valence-corrected chi connectivity index (χ3v) is 4.98. The molecule has 0 aliphatic carbocycles. The summed E-state index contributed by atoms with van der Waals surface area (Å²) in [6, 6.07) is 14.4. The first kappa shape index (κ1) is 20.4.